The third-order valence-corrected chi connectivity index (χ3v) is 7.69. The molecule has 0 saturated carbocycles. The Kier molecular flexibility index (Phi) is 11.7. The summed E-state index contributed by atoms with van der Waals surface area (Å²) in [6.45, 7) is 0. The van der Waals surface area contributed by atoms with Crippen molar-refractivity contribution in [3.8, 4) is 0 Å². The van der Waals surface area contributed by atoms with Crippen LogP contribution in [0.15, 0.2) is 60.7 Å². The van der Waals surface area contributed by atoms with Gasteiger partial charge in [-0.2, -0.15) is 0 Å². The normalized spacial score (nSPS) is 14.5. The minimum atomic E-state index is -3.60. The van der Waals surface area contributed by atoms with Crippen molar-refractivity contribution in [2.75, 3.05) is 12.7 Å². The van der Waals surface area contributed by atoms with Crippen molar-refractivity contribution in [3.63, 3.8) is 0 Å². The van der Waals surface area contributed by atoms with Gasteiger partial charge in [0.1, 0.15) is 0 Å². The molecule has 0 aliphatic rings. The van der Waals surface area contributed by atoms with Crippen LogP contribution < -0.4 is 0 Å². The Morgan fingerprint density at radius 1 is 0.618 bits per heavy atom. The molecule has 10 heteroatoms. The molecule has 34 heavy (non-hydrogen) atoms. The summed E-state index contributed by atoms with van der Waals surface area (Å²) in [5.41, 5.74) is 1.42. The Bertz CT molecular complexity index is 913. The quantitative estimate of drug-likeness (QED) is 0.188. The van der Waals surface area contributed by atoms with Gasteiger partial charge < -0.3 is 19.3 Å². The lowest BCUT2D eigenvalue weighted by molar-refractivity contribution is -0.143. The Labute approximate surface area is 200 Å². The molecule has 186 valence electrons. The van der Waals surface area contributed by atoms with E-state index >= 15 is 0 Å². The van der Waals surface area contributed by atoms with Crippen molar-refractivity contribution in [1.29, 1.82) is 0 Å². The largest absolute Gasteiger partial charge is 0.455 e. The van der Waals surface area contributed by atoms with Gasteiger partial charge in [-0.15, -0.1) is 0 Å². The predicted octanol–water partition coefficient (Wildman–Crippen LogP) is 5.27. The number of carbonyl (C=O) groups excluding carboxylic acids is 2. The average Bonchev–Trinajstić information content (AvgIpc) is 2.79. The summed E-state index contributed by atoms with van der Waals surface area (Å²) in [6.07, 6.45) is 1.56. The molecule has 2 aromatic carbocycles. The molecule has 2 aromatic rings. The molecule has 0 fully saturated rings. The number of hydrogen-bond acceptors (Lipinski definition) is 6. The van der Waals surface area contributed by atoms with Gasteiger partial charge in [0, 0.05) is 12.8 Å². The zero-order valence-corrected chi connectivity index (χ0v) is 20.9. The average molecular weight is 510 g/mol. The van der Waals surface area contributed by atoms with Crippen molar-refractivity contribution >= 4 is 26.7 Å². The summed E-state index contributed by atoms with van der Waals surface area (Å²) in [7, 11) is -7.20. The van der Waals surface area contributed by atoms with Crippen LogP contribution in [0.2, 0.25) is 0 Å². The van der Waals surface area contributed by atoms with E-state index in [1.165, 1.54) is 0 Å². The van der Waals surface area contributed by atoms with Crippen LogP contribution in [-0.4, -0.2) is 34.4 Å². The molecule has 0 aliphatic heterocycles. The summed E-state index contributed by atoms with van der Waals surface area (Å²) in [4.78, 5) is 43.6. The third-order valence-electron chi connectivity index (χ3n) is 4.91. The molecule has 8 nitrogen and oxygen atoms in total. The van der Waals surface area contributed by atoms with Crippen LogP contribution in [0.4, 0.5) is 0 Å². The Balaban J connectivity index is 1.52. The van der Waals surface area contributed by atoms with Crippen LogP contribution >= 0.6 is 14.7 Å². The molecular formula is C24H32O8P2. The highest BCUT2D eigenvalue weighted by atomic mass is 31.2. The lowest BCUT2D eigenvalue weighted by Gasteiger charge is -2.12. The molecule has 0 amide bonds. The van der Waals surface area contributed by atoms with E-state index in [9.17, 15) is 28.5 Å². The van der Waals surface area contributed by atoms with Gasteiger partial charge in [0.05, 0.1) is 12.3 Å². The van der Waals surface area contributed by atoms with Crippen LogP contribution in [0, 0.1) is 0 Å². The van der Waals surface area contributed by atoms with E-state index in [0.29, 0.717) is 36.8 Å². The smallest absolute Gasteiger partial charge is 0.306 e. The van der Waals surface area contributed by atoms with E-state index in [0.717, 1.165) is 0 Å². The minimum Gasteiger partial charge on any atom is -0.455 e. The van der Waals surface area contributed by atoms with Crippen LogP contribution in [0.1, 0.15) is 49.7 Å². The SMILES string of the molecule is O=C(CCCCCCC(=O)OCP(=O)(O)Cc1ccccc1)OCP(=O)(O)Cc1ccccc1. The van der Waals surface area contributed by atoms with Gasteiger partial charge in [0.15, 0.2) is 12.7 Å². The first kappa shape index (κ1) is 28.0. The van der Waals surface area contributed by atoms with Gasteiger partial charge in [-0.05, 0) is 24.0 Å². The number of ether oxygens (including phenoxy) is 2. The first-order valence-corrected chi connectivity index (χ1v) is 15.2. The summed E-state index contributed by atoms with van der Waals surface area (Å²) in [5.74, 6) is -1.06. The Morgan fingerprint density at radius 3 is 1.32 bits per heavy atom. The zero-order valence-electron chi connectivity index (χ0n) is 19.1. The van der Waals surface area contributed by atoms with Gasteiger partial charge >= 0.3 is 11.9 Å². The summed E-state index contributed by atoms with van der Waals surface area (Å²) >= 11 is 0. The van der Waals surface area contributed by atoms with Gasteiger partial charge in [-0.1, -0.05) is 73.5 Å². The second-order valence-corrected chi connectivity index (χ2v) is 12.7. The number of benzene rings is 2. The first-order valence-electron chi connectivity index (χ1n) is 11.2. The number of carbonyl (C=O) groups is 2. The molecule has 2 atom stereocenters. The maximum Gasteiger partial charge on any atom is 0.306 e. The maximum atomic E-state index is 12.2. The minimum absolute atomic E-state index is 0.0464. The molecule has 2 rings (SSSR count). The van der Waals surface area contributed by atoms with E-state index in [-0.39, 0.29) is 25.2 Å². The molecule has 0 aliphatic carbocycles. The van der Waals surface area contributed by atoms with E-state index < -0.39 is 39.4 Å². The van der Waals surface area contributed by atoms with Crippen molar-refractivity contribution in [2.24, 2.45) is 0 Å². The molecule has 0 aromatic heterocycles. The molecule has 0 bridgehead atoms. The molecule has 0 spiro atoms. The third kappa shape index (κ3) is 12.3. The lowest BCUT2D eigenvalue weighted by Crippen LogP contribution is -2.08. The van der Waals surface area contributed by atoms with Crippen molar-refractivity contribution in [1.82, 2.24) is 0 Å². The molecular weight excluding hydrogens is 478 g/mol. The standard InChI is InChI=1S/C24H32O8P2/c25-23(31-19-33(27,28)17-21-11-5-3-6-12-21)15-9-1-2-10-16-24(26)32-20-34(29,30)18-22-13-7-4-8-14-22/h3-8,11-14H,1-2,9-10,15-20H2,(H,27,28)(H,29,30). The zero-order chi connectivity index (χ0) is 24.9. The van der Waals surface area contributed by atoms with Crippen molar-refractivity contribution in [2.45, 2.75) is 50.8 Å². The summed E-state index contributed by atoms with van der Waals surface area (Å²) in [6, 6.07) is 17.7. The number of esters is 2. The molecule has 0 heterocycles. The highest BCUT2D eigenvalue weighted by Crippen LogP contribution is 2.45. The highest BCUT2D eigenvalue weighted by molar-refractivity contribution is 7.57. The lowest BCUT2D eigenvalue weighted by atomic mass is 10.1. The number of unbranched alkanes of at least 4 members (excludes halogenated alkanes) is 3. The molecule has 0 saturated heterocycles. The number of hydrogen-bond donors (Lipinski definition) is 2. The Morgan fingerprint density at radius 2 is 0.971 bits per heavy atom. The van der Waals surface area contributed by atoms with E-state index in [4.69, 9.17) is 9.47 Å². The molecule has 0 radical (unpaired) electrons. The van der Waals surface area contributed by atoms with Crippen LogP contribution in [-0.2, 0) is 40.5 Å². The summed E-state index contributed by atoms with van der Waals surface area (Å²) in [5, 5.41) is 0. The fraction of sp³-hybridized carbons (Fsp3) is 0.417. The van der Waals surface area contributed by atoms with E-state index in [1.807, 2.05) is 12.1 Å². The van der Waals surface area contributed by atoms with Gasteiger partial charge in [-0.3, -0.25) is 18.7 Å². The fourth-order valence-electron chi connectivity index (χ4n) is 3.21. The second kappa shape index (κ2) is 14.2. The highest BCUT2D eigenvalue weighted by Gasteiger charge is 2.22. The molecule has 2 N–H and O–H groups in total. The maximum absolute atomic E-state index is 12.2. The fourth-order valence-corrected chi connectivity index (χ4v) is 5.65. The van der Waals surface area contributed by atoms with Crippen LogP contribution in [0.5, 0.6) is 0 Å². The predicted molar refractivity (Wildman–Crippen MR) is 130 cm³/mol. The second-order valence-electron chi connectivity index (χ2n) is 8.19. The topological polar surface area (TPSA) is 127 Å². The van der Waals surface area contributed by atoms with E-state index in [2.05, 4.69) is 0 Å². The van der Waals surface area contributed by atoms with Gasteiger partial charge in [0.25, 0.3) is 0 Å². The van der Waals surface area contributed by atoms with Crippen LogP contribution in [0.3, 0.4) is 0 Å². The van der Waals surface area contributed by atoms with Crippen molar-refractivity contribution < 1.29 is 38.0 Å². The van der Waals surface area contributed by atoms with Gasteiger partial charge in [-0.25, -0.2) is 0 Å². The van der Waals surface area contributed by atoms with Crippen molar-refractivity contribution in [3.05, 3.63) is 71.8 Å². The van der Waals surface area contributed by atoms with Gasteiger partial charge in [0.2, 0.25) is 14.7 Å². The monoisotopic (exact) mass is 510 g/mol. The van der Waals surface area contributed by atoms with E-state index in [1.54, 1.807) is 48.5 Å². The molecule has 2 unspecified atom stereocenters. The summed E-state index contributed by atoms with van der Waals surface area (Å²) < 4.78 is 34.3. The first-order chi connectivity index (χ1) is 16.2. The van der Waals surface area contributed by atoms with Crippen LogP contribution in [0.25, 0.3) is 0 Å². The number of rotatable bonds is 15. The Hall–Kier alpha value is -2.24.